The molecule has 14 heavy (non-hydrogen) atoms. The molecule has 2 heterocycles. The Kier molecular flexibility index (Phi) is 2.49. The van der Waals surface area contributed by atoms with Gasteiger partial charge >= 0.3 is 0 Å². The average Bonchev–Trinajstić information content (AvgIpc) is 2.23. The summed E-state index contributed by atoms with van der Waals surface area (Å²) in [7, 11) is 0. The highest BCUT2D eigenvalue weighted by atomic mass is 16.5. The van der Waals surface area contributed by atoms with Gasteiger partial charge in [0.25, 0.3) is 0 Å². The normalized spacial score (nSPS) is 22.1. The molecule has 1 saturated heterocycles. The summed E-state index contributed by atoms with van der Waals surface area (Å²) < 4.78 is 5.56. The lowest BCUT2D eigenvalue weighted by atomic mass is 10.1. The second-order valence-electron chi connectivity index (χ2n) is 3.47. The van der Waals surface area contributed by atoms with Crippen LogP contribution in [-0.4, -0.2) is 16.8 Å². The third kappa shape index (κ3) is 1.77. The molecule has 2 rings (SSSR count). The number of hydrogen-bond donors (Lipinski definition) is 2. The Bertz CT molecular complexity index is 323. The third-order valence-corrected chi connectivity index (χ3v) is 2.38. The summed E-state index contributed by atoms with van der Waals surface area (Å²) in [5.74, 6) is 0.282. The first-order valence-electron chi connectivity index (χ1n) is 4.77. The summed E-state index contributed by atoms with van der Waals surface area (Å²) in [6, 6.07) is 1.75. The molecule has 1 unspecified atom stereocenters. The molecule has 1 fully saturated rings. The van der Waals surface area contributed by atoms with Crippen molar-refractivity contribution in [3.8, 4) is 0 Å². The summed E-state index contributed by atoms with van der Waals surface area (Å²) in [6.07, 6.45) is 3.31. The number of aromatic nitrogens is 2. The molecular weight excluding hydrogens is 180 g/mol. The number of hydrogen-bond acceptors (Lipinski definition) is 5. The van der Waals surface area contributed by atoms with Crippen LogP contribution < -0.4 is 11.5 Å². The highest BCUT2D eigenvalue weighted by molar-refractivity contribution is 5.57. The van der Waals surface area contributed by atoms with Gasteiger partial charge in [-0.15, -0.1) is 5.10 Å². The minimum atomic E-state index is 0.0409. The minimum Gasteiger partial charge on any atom is -0.396 e. The molecule has 0 aliphatic carbocycles. The standard InChI is InChI=1S/C9H14N4O/c10-6-5-7(12-13-9(6)11)8-3-1-2-4-14-8/h5,8H,1-4H2,(H2,10,12)(H2,11,13). The fourth-order valence-corrected chi connectivity index (χ4v) is 1.56. The van der Waals surface area contributed by atoms with E-state index in [0.29, 0.717) is 5.69 Å². The number of anilines is 2. The molecule has 1 atom stereocenters. The van der Waals surface area contributed by atoms with E-state index in [1.165, 1.54) is 0 Å². The lowest BCUT2D eigenvalue weighted by Crippen LogP contribution is -2.14. The van der Waals surface area contributed by atoms with Gasteiger partial charge in [-0.05, 0) is 25.3 Å². The van der Waals surface area contributed by atoms with Crippen LogP contribution in [-0.2, 0) is 4.74 Å². The molecular formula is C9H14N4O. The Morgan fingerprint density at radius 1 is 1.29 bits per heavy atom. The third-order valence-electron chi connectivity index (χ3n) is 2.38. The summed E-state index contributed by atoms with van der Waals surface area (Å²) >= 11 is 0. The molecule has 0 amide bonds. The monoisotopic (exact) mass is 194 g/mol. The van der Waals surface area contributed by atoms with Crippen molar-refractivity contribution in [2.24, 2.45) is 0 Å². The molecule has 0 radical (unpaired) electrons. The van der Waals surface area contributed by atoms with Crippen molar-refractivity contribution < 1.29 is 4.74 Å². The molecule has 1 aliphatic heterocycles. The molecule has 4 N–H and O–H groups in total. The van der Waals surface area contributed by atoms with Crippen molar-refractivity contribution in [2.75, 3.05) is 18.1 Å². The summed E-state index contributed by atoms with van der Waals surface area (Å²) in [5, 5.41) is 7.76. The summed E-state index contributed by atoms with van der Waals surface area (Å²) in [5.41, 5.74) is 12.4. The van der Waals surface area contributed by atoms with Crippen LogP contribution in [0.1, 0.15) is 31.1 Å². The van der Waals surface area contributed by atoms with E-state index in [2.05, 4.69) is 10.2 Å². The first-order valence-corrected chi connectivity index (χ1v) is 4.77. The van der Waals surface area contributed by atoms with E-state index in [1.807, 2.05) is 0 Å². The van der Waals surface area contributed by atoms with Crippen LogP contribution >= 0.6 is 0 Å². The van der Waals surface area contributed by atoms with Gasteiger partial charge in [0.15, 0.2) is 5.82 Å². The van der Waals surface area contributed by atoms with Crippen molar-refractivity contribution in [3.05, 3.63) is 11.8 Å². The van der Waals surface area contributed by atoms with Crippen LogP contribution in [0.25, 0.3) is 0 Å². The predicted octanol–water partition coefficient (Wildman–Crippen LogP) is 0.883. The Balaban J connectivity index is 2.18. The molecule has 5 heteroatoms. The lowest BCUT2D eigenvalue weighted by Gasteiger charge is -2.21. The van der Waals surface area contributed by atoms with E-state index in [1.54, 1.807) is 6.07 Å². The Morgan fingerprint density at radius 2 is 2.14 bits per heavy atom. The molecule has 0 aromatic carbocycles. The molecule has 0 spiro atoms. The smallest absolute Gasteiger partial charge is 0.169 e. The van der Waals surface area contributed by atoms with Gasteiger partial charge in [0.1, 0.15) is 6.10 Å². The molecule has 1 aromatic rings. The van der Waals surface area contributed by atoms with Crippen molar-refractivity contribution in [2.45, 2.75) is 25.4 Å². The zero-order chi connectivity index (χ0) is 9.97. The SMILES string of the molecule is Nc1cc(C2CCCCO2)nnc1N. The van der Waals surface area contributed by atoms with Crippen LogP contribution in [0.2, 0.25) is 0 Å². The topological polar surface area (TPSA) is 87.0 Å². The number of nitrogen functional groups attached to an aromatic ring is 2. The van der Waals surface area contributed by atoms with E-state index in [4.69, 9.17) is 16.2 Å². The van der Waals surface area contributed by atoms with Gasteiger partial charge in [-0.1, -0.05) is 0 Å². The predicted molar refractivity (Wildman–Crippen MR) is 53.4 cm³/mol. The van der Waals surface area contributed by atoms with Gasteiger partial charge < -0.3 is 16.2 Å². The highest BCUT2D eigenvalue weighted by Gasteiger charge is 2.18. The second kappa shape index (κ2) is 3.79. The highest BCUT2D eigenvalue weighted by Crippen LogP contribution is 2.27. The molecule has 0 bridgehead atoms. The first-order chi connectivity index (χ1) is 6.77. The summed E-state index contributed by atoms with van der Waals surface area (Å²) in [6.45, 7) is 0.788. The number of nitrogens with zero attached hydrogens (tertiary/aromatic N) is 2. The van der Waals surface area contributed by atoms with Crippen molar-refractivity contribution in [3.63, 3.8) is 0 Å². The van der Waals surface area contributed by atoms with Gasteiger partial charge in [-0.2, -0.15) is 5.10 Å². The molecule has 1 aliphatic rings. The molecule has 1 aromatic heterocycles. The zero-order valence-electron chi connectivity index (χ0n) is 7.94. The van der Waals surface area contributed by atoms with E-state index in [0.717, 1.165) is 31.6 Å². The van der Waals surface area contributed by atoms with E-state index < -0.39 is 0 Å². The minimum absolute atomic E-state index is 0.0409. The molecule has 5 nitrogen and oxygen atoms in total. The van der Waals surface area contributed by atoms with E-state index >= 15 is 0 Å². The van der Waals surface area contributed by atoms with Crippen LogP contribution in [0, 0.1) is 0 Å². The van der Waals surface area contributed by atoms with Gasteiger partial charge in [0.2, 0.25) is 0 Å². The van der Waals surface area contributed by atoms with Crippen molar-refractivity contribution >= 4 is 11.5 Å². The second-order valence-corrected chi connectivity index (χ2v) is 3.47. The van der Waals surface area contributed by atoms with Crippen LogP contribution in [0.4, 0.5) is 11.5 Å². The van der Waals surface area contributed by atoms with Gasteiger partial charge in [-0.3, -0.25) is 0 Å². The van der Waals surface area contributed by atoms with Gasteiger partial charge in [-0.25, -0.2) is 0 Å². The molecule has 0 saturated carbocycles. The van der Waals surface area contributed by atoms with Gasteiger partial charge in [0, 0.05) is 6.61 Å². The largest absolute Gasteiger partial charge is 0.396 e. The number of ether oxygens (including phenoxy) is 1. The number of rotatable bonds is 1. The van der Waals surface area contributed by atoms with Gasteiger partial charge in [0.05, 0.1) is 11.4 Å². The Morgan fingerprint density at radius 3 is 2.79 bits per heavy atom. The Hall–Kier alpha value is -1.36. The fraction of sp³-hybridized carbons (Fsp3) is 0.556. The van der Waals surface area contributed by atoms with Crippen molar-refractivity contribution in [1.82, 2.24) is 10.2 Å². The van der Waals surface area contributed by atoms with Crippen LogP contribution in [0.15, 0.2) is 6.07 Å². The molecule has 76 valence electrons. The van der Waals surface area contributed by atoms with E-state index in [-0.39, 0.29) is 11.9 Å². The maximum atomic E-state index is 5.64. The maximum Gasteiger partial charge on any atom is 0.169 e. The lowest BCUT2D eigenvalue weighted by molar-refractivity contribution is 0.0118. The summed E-state index contributed by atoms with van der Waals surface area (Å²) in [4.78, 5) is 0. The number of nitrogens with two attached hydrogens (primary N) is 2. The maximum absolute atomic E-state index is 5.64. The fourth-order valence-electron chi connectivity index (χ4n) is 1.56. The van der Waals surface area contributed by atoms with Crippen LogP contribution in [0.5, 0.6) is 0 Å². The average molecular weight is 194 g/mol. The first kappa shape index (κ1) is 9.21. The Labute approximate surface area is 82.5 Å². The van der Waals surface area contributed by atoms with Crippen LogP contribution in [0.3, 0.4) is 0 Å². The van der Waals surface area contributed by atoms with E-state index in [9.17, 15) is 0 Å². The zero-order valence-corrected chi connectivity index (χ0v) is 7.94. The van der Waals surface area contributed by atoms with Crippen molar-refractivity contribution in [1.29, 1.82) is 0 Å². The quantitative estimate of drug-likeness (QED) is 0.693.